The van der Waals surface area contributed by atoms with Gasteiger partial charge in [-0.05, 0) is 40.9 Å². The highest BCUT2D eigenvalue weighted by atomic mass is 79.9. The first-order chi connectivity index (χ1) is 8.67. The van der Waals surface area contributed by atoms with Gasteiger partial charge < -0.3 is 10.4 Å². The number of halogens is 1. The van der Waals surface area contributed by atoms with Crippen LogP contribution in [0.25, 0.3) is 0 Å². The summed E-state index contributed by atoms with van der Waals surface area (Å²) in [4.78, 5) is 12.1. The molecule has 0 spiro atoms. The molecule has 1 aromatic carbocycles. The average Bonchev–Trinajstić information content (AvgIpc) is 2.86. The molecule has 1 aliphatic carbocycles. The van der Waals surface area contributed by atoms with Gasteiger partial charge in [-0.1, -0.05) is 25.0 Å². The molecule has 18 heavy (non-hydrogen) atoms. The van der Waals surface area contributed by atoms with Crippen LogP contribution in [0.4, 0.5) is 0 Å². The number of rotatable bonds is 4. The minimum Gasteiger partial charge on any atom is -0.396 e. The summed E-state index contributed by atoms with van der Waals surface area (Å²) in [6, 6.07) is 7.37. The molecule has 1 saturated carbocycles. The maximum absolute atomic E-state index is 12.1. The van der Waals surface area contributed by atoms with E-state index in [1.165, 1.54) is 0 Å². The third-order valence-corrected chi connectivity index (χ3v) is 4.43. The van der Waals surface area contributed by atoms with Gasteiger partial charge in [0.15, 0.2) is 0 Å². The zero-order chi connectivity index (χ0) is 13.0. The summed E-state index contributed by atoms with van der Waals surface area (Å²) < 4.78 is 0.798. The number of carbonyl (C=O) groups is 1. The first-order valence-electron chi connectivity index (χ1n) is 6.30. The van der Waals surface area contributed by atoms with E-state index in [0.717, 1.165) is 30.2 Å². The van der Waals surface area contributed by atoms with Gasteiger partial charge in [-0.3, -0.25) is 4.79 Å². The lowest BCUT2D eigenvalue weighted by molar-refractivity contribution is 0.0880. The Morgan fingerprint density at radius 2 is 2.00 bits per heavy atom. The molecule has 1 fully saturated rings. The zero-order valence-electron chi connectivity index (χ0n) is 10.3. The Bertz CT molecular complexity index is 428. The van der Waals surface area contributed by atoms with E-state index in [0.29, 0.717) is 12.1 Å². The van der Waals surface area contributed by atoms with Crippen molar-refractivity contribution < 1.29 is 9.90 Å². The summed E-state index contributed by atoms with van der Waals surface area (Å²) >= 11 is 3.37. The molecule has 4 heteroatoms. The topological polar surface area (TPSA) is 49.3 Å². The molecular weight excluding hydrogens is 294 g/mol. The lowest BCUT2D eigenvalue weighted by Gasteiger charge is -2.26. The molecule has 1 amide bonds. The molecule has 0 aliphatic heterocycles. The number of hydrogen-bond donors (Lipinski definition) is 2. The number of nitrogens with one attached hydrogen (secondary N) is 1. The van der Waals surface area contributed by atoms with E-state index in [4.69, 9.17) is 0 Å². The molecule has 0 heterocycles. The van der Waals surface area contributed by atoms with Crippen LogP contribution >= 0.6 is 15.9 Å². The molecular formula is C14H18BrNO2. The summed E-state index contributed by atoms with van der Waals surface area (Å²) in [5, 5.41) is 12.4. The second-order valence-corrected chi connectivity index (χ2v) is 5.88. The second kappa shape index (κ2) is 5.85. The first kappa shape index (κ1) is 13.6. The lowest BCUT2D eigenvalue weighted by Crippen LogP contribution is -2.38. The van der Waals surface area contributed by atoms with Crippen LogP contribution in [0.15, 0.2) is 28.7 Å². The largest absolute Gasteiger partial charge is 0.396 e. The summed E-state index contributed by atoms with van der Waals surface area (Å²) in [6.45, 7) is 0.715. The Morgan fingerprint density at radius 3 is 2.61 bits per heavy atom. The highest BCUT2D eigenvalue weighted by Gasteiger charge is 2.33. The van der Waals surface area contributed by atoms with Crippen LogP contribution in [-0.2, 0) is 0 Å². The van der Waals surface area contributed by atoms with Gasteiger partial charge in [0.05, 0.1) is 12.2 Å². The SMILES string of the molecule is O=C(NCC1(CO)CCCC1)c1ccccc1Br. The van der Waals surface area contributed by atoms with E-state index < -0.39 is 0 Å². The predicted molar refractivity (Wildman–Crippen MR) is 74.5 cm³/mol. The van der Waals surface area contributed by atoms with Crippen molar-refractivity contribution in [3.05, 3.63) is 34.3 Å². The molecule has 0 aromatic heterocycles. The maximum atomic E-state index is 12.1. The van der Waals surface area contributed by atoms with Crippen molar-refractivity contribution in [2.24, 2.45) is 5.41 Å². The molecule has 0 bridgehead atoms. The van der Waals surface area contributed by atoms with Gasteiger partial charge >= 0.3 is 0 Å². The Hall–Kier alpha value is -0.870. The number of benzene rings is 1. The molecule has 0 unspecified atom stereocenters. The number of aliphatic hydroxyl groups excluding tert-OH is 1. The highest BCUT2D eigenvalue weighted by molar-refractivity contribution is 9.10. The average molecular weight is 312 g/mol. The maximum Gasteiger partial charge on any atom is 0.252 e. The molecule has 98 valence electrons. The molecule has 0 saturated heterocycles. The summed E-state index contributed by atoms with van der Waals surface area (Å²) in [6.07, 6.45) is 4.29. The first-order valence-corrected chi connectivity index (χ1v) is 7.10. The van der Waals surface area contributed by atoms with Crippen molar-refractivity contribution in [2.75, 3.05) is 13.2 Å². The highest BCUT2D eigenvalue weighted by Crippen LogP contribution is 2.36. The summed E-state index contributed by atoms with van der Waals surface area (Å²) in [5.74, 6) is -0.0813. The van der Waals surface area contributed by atoms with Gasteiger partial charge in [0.25, 0.3) is 5.91 Å². The van der Waals surface area contributed by atoms with E-state index in [1.54, 1.807) is 6.07 Å². The van der Waals surface area contributed by atoms with Gasteiger partial charge in [-0.15, -0.1) is 0 Å². The quantitative estimate of drug-likeness (QED) is 0.898. The standard InChI is InChI=1S/C14H18BrNO2/c15-12-6-2-1-5-11(12)13(18)16-9-14(10-17)7-3-4-8-14/h1-2,5-6,17H,3-4,7-10H2,(H,16,18). The molecule has 0 radical (unpaired) electrons. The Labute approximate surface area is 116 Å². The monoisotopic (exact) mass is 311 g/mol. The van der Waals surface area contributed by atoms with Crippen molar-refractivity contribution in [1.82, 2.24) is 5.32 Å². The van der Waals surface area contributed by atoms with Crippen molar-refractivity contribution in [3.8, 4) is 0 Å². The Balaban J connectivity index is 1.98. The van der Waals surface area contributed by atoms with Crippen LogP contribution in [-0.4, -0.2) is 24.2 Å². The smallest absolute Gasteiger partial charge is 0.252 e. The van der Waals surface area contributed by atoms with Crippen LogP contribution in [0.3, 0.4) is 0 Å². The normalized spacial score (nSPS) is 17.7. The van der Waals surface area contributed by atoms with Gasteiger partial charge in [-0.25, -0.2) is 0 Å². The molecule has 1 aromatic rings. The minimum atomic E-state index is -0.100. The van der Waals surface area contributed by atoms with Crippen molar-refractivity contribution in [1.29, 1.82) is 0 Å². The number of aliphatic hydroxyl groups is 1. The summed E-state index contributed by atoms with van der Waals surface area (Å²) in [5.41, 5.74) is 0.542. The molecule has 3 nitrogen and oxygen atoms in total. The van der Waals surface area contributed by atoms with Gasteiger partial charge in [-0.2, -0.15) is 0 Å². The van der Waals surface area contributed by atoms with Gasteiger partial charge in [0.2, 0.25) is 0 Å². The molecule has 2 rings (SSSR count). The van der Waals surface area contributed by atoms with Crippen molar-refractivity contribution in [2.45, 2.75) is 25.7 Å². The lowest BCUT2D eigenvalue weighted by atomic mass is 9.87. The van der Waals surface area contributed by atoms with Crippen LogP contribution in [0.5, 0.6) is 0 Å². The van der Waals surface area contributed by atoms with E-state index >= 15 is 0 Å². The summed E-state index contributed by atoms with van der Waals surface area (Å²) in [7, 11) is 0. The Morgan fingerprint density at radius 1 is 1.33 bits per heavy atom. The second-order valence-electron chi connectivity index (χ2n) is 5.03. The predicted octanol–water partition coefficient (Wildman–Crippen LogP) is 2.73. The molecule has 1 aliphatic rings. The van der Waals surface area contributed by atoms with Gasteiger partial charge in [0, 0.05) is 16.4 Å². The fraction of sp³-hybridized carbons (Fsp3) is 0.500. The third kappa shape index (κ3) is 2.93. The van der Waals surface area contributed by atoms with E-state index in [-0.39, 0.29) is 17.9 Å². The van der Waals surface area contributed by atoms with E-state index in [9.17, 15) is 9.90 Å². The van der Waals surface area contributed by atoms with Crippen LogP contribution in [0.2, 0.25) is 0 Å². The fourth-order valence-corrected chi connectivity index (χ4v) is 2.99. The van der Waals surface area contributed by atoms with E-state index in [2.05, 4.69) is 21.2 Å². The Kier molecular flexibility index (Phi) is 4.40. The fourth-order valence-electron chi connectivity index (χ4n) is 2.52. The van der Waals surface area contributed by atoms with Crippen molar-refractivity contribution >= 4 is 21.8 Å². The number of hydrogen-bond acceptors (Lipinski definition) is 2. The van der Waals surface area contributed by atoms with Crippen LogP contribution in [0, 0.1) is 5.41 Å². The number of amides is 1. The van der Waals surface area contributed by atoms with Gasteiger partial charge in [0.1, 0.15) is 0 Å². The zero-order valence-corrected chi connectivity index (χ0v) is 11.9. The van der Waals surface area contributed by atoms with Crippen LogP contribution < -0.4 is 5.32 Å². The number of carbonyl (C=O) groups excluding carboxylic acids is 1. The van der Waals surface area contributed by atoms with Crippen molar-refractivity contribution in [3.63, 3.8) is 0 Å². The minimum absolute atomic E-state index is 0.0813. The van der Waals surface area contributed by atoms with Crippen LogP contribution in [0.1, 0.15) is 36.0 Å². The van der Waals surface area contributed by atoms with E-state index in [1.807, 2.05) is 18.2 Å². The third-order valence-electron chi connectivity index (χ3n) is 3.74. The molecule has 0 atom stereocenters. The molecule has 2 N–H and O–H groups in total.